The molecule has 0 aliphatic carbocycles. The van der Waals surface area contributed by atoms with Gasteiger partial charge in [0.25, 0.3) is 0 Å². The van der Waals surface area contributed by atoms with Gasteiger partial charge in [0.05, 0.1) is 11.6 Å². The van der Waals surface area contributed by atoms with Gasteiger partial charge in [0.15, 0.2) is 0 Å². The molecule has 1 aromatic rings. The molecule has 0 bridgehead atoms. The van der Waals surface area contributed by atoms with E-state index in [9.17, 15) is 9.90 Å². The summed E-state index contributed by atoms with van der Waals surface area (Å²) in [7, 11) is 1.92. The van der Waals surface area contributed by atoms with Crippen molar-refractivity contribution in [2.24, 2.45) is 0 Å². The lowest BCUT2D eigenvalue weighted by Crippen LogP contribution is -2.43. The molecule has 0 heterocycles. The van der Waals surface area contributed by atoms with Crippen molar-refractivity contribution < 1.29 is 9.90 Å². The Bertz CT molecular complexity index is 412. The van der Waals surface area contributed by atoms with Gasteiger partial charge in [0.2, 0.25) is 5.91 Å². The van der Waals surface area contributed by atoms with Crippen molar-refractivity contribution in [1.82, 2.24) is 4.90 Å². The number of hydrogen-bond acceptors (Lipinski definition) is 3. The van der Waals surface area contributed by atoms with E-state index in [2.05, 4.69) is 5.32 Å². The van der Waals surface area contributed by atoms with Crippen molar-refractivity contribution in [3.63, 3.8) is 0 Å². The van der Waals surface area contributed by atoms with Crippen LogP contribution in [0.15, 0.2) is 30.3 Å². The molecule has 4 heteroatoms. The number of nitrogens with zero attached hydrogens (tertiary/aromatic N) is 1. The molecule has 20 heavy (non-hydrogen) atoms. The Balaban J connectivity index is 2.58. The number of aliphatic hydroxyl groups is 1. The maximum Gasteiger partial charge on any atom is 0.241 e. The van der Waals surface area contributed by atoms with Gasteiger partial charge < -0.3 is 10.4 Å². The Labute approximate surface area is 121 Å². The van der Waals surface area contributed by atoms with Crippen LogP contribution in [0.1, 0.15) is 33.6 Å². The lowest BCUT2D eigenvalue weighted by Gasteiger charge is -2.28. The maximum absolute atomic E-state index is 12.3. The molecule has 0 spiro atoms. The highest BCUT2D eigenvalue weighted by atomic mass is 16.3. The number of amides is 1. The number of hydrogen-bond donors (Lipinski definition) is 2. The normalized spacial score (nSPS) is 13.3. The monoisotopic (exact) mass is 278 g/mol. The average molecular weight is 278 g/mol. The Morgan fingerprint density at radius 1 is 1.35 bits per heavy atom. The summed E-state index contributed by atoms with van der Waals surface area (Å²) in [4.78, 5) is 14.3. The molecular weight excluding hydrogens is 252 g/mol. The van der Waals surface area contributed by atoms with Gasteiger partial charge in [-0.1, -0.05) is 25.1 Å². The third kappa shape index (κ3) is 5.72. The standard InChI is InChI=1S/C16H26N2O2/c1-5-14(18(4)12-11-16(2,3)20)15(19)17-13-9-7-6-8-10-13/h6-10,14,20H,5,11-12H2,1-4H3,(H,17,19)/t14-/m1/s1. The molecule has 112 valence electrons. The van der Waals surface area contributed by atoms with E-state index in [1.807, 2.05) is 49.2 Å². The van der Waals surface area contributed by atoms with Gasteiger partial charge in [-0.2, -0.15) is 0 Å². The summed E-state index contributed by atoms with van der Waals surface area (Å²) < 4.78 is 0. The van der Waals surface area contributed by atoms with E-state index >= 15 is 0 Å². The molecular formula is C16H26N2O2. The molecule has 0 fully saturated rings. The van der Waals surface area contributed by atoms with Crippen LogP contribution in [0.4, 0.5) is 5.69 Å². The molecule has 0 saturated heterocycles. The first kappa shape index (κ1) is 16.7. The zero-order chi connectivity index (χ0) is 15.2. The molecule has 1 amide bonds. The SMILES string of the molecule is CC[C@H](C(=O)Nc1ccccc1)N(C)CCC(C)(C)O. The van der Waals surface area contributed by atoms with Crippen molar-refractivity contribution in [3.8, 4) is 0 Å². The third-order valence-electron chi connectivity index (χ3n) is 3.34. The third-order valence-corrected chi connectivity index (χ3v) is 3.34. The largest absolute Gasteiger partial charge is 0.390 e. The van der Waals surface area contributed by atoms with E-state index in [4.69, 9.17) is 0 Å². The highest BCUT2D eigenvalue weighted by molar-refractivity contribution is 5.94. The molecule has 0 aliphatic heterocycles. The van der Waals surface area contributed by atoms with Gasteiger partial charge in [-0.3, -0.25) is 9.69 Å². The summed E-state index contributed by atoms with van der Waals surface area (Å²) in [5, 5.41) is 12.7. The Kier molecular flexibility index (Phi) is 6.17. The summed E-state index contributed by atoms with van der Waals surface area (Å²) in [6, 6.07) is 9.28. The molecule has 0 aromatic heterocycles. The van der Waals surface area contributed by atoms with Crippen molar-refractivity contribution >= 4 is 11.6 Å². The minimum absolute atomic E-state index is 0.00283. The number of benzene rings is 1. The fourth-order valence-electron chi connectivity index (χ4n) is 2.05. The molecule has 0 radical (unpaired) electrons. The first-order chi connectivity index (χ1) is 9.33. The number of anilines is 1. The first-order valence-electron chi connectivity index (χ1n) is 7.12. The highest BCUT2D eigenvalue weighted by Crippen LogP contribution is 2.13. The van der Waals surface area contributed by atoms with Crippen molar-refractivity contribution in [2.45, 2.75) is 45.3 Å². The van der Waals surface area contributed by atoms with Gasteiger partial charge in [-0.15, -0.1) is 0 Å². The Morgan fingerprint density at radius 3 is 2.45 bits per heavy atom. The van der Waals surface area contributed by atoms with Crippen LogP contribution in [0.25, 0.3) is 0 Å². The van der Waals surface area contributed by atoms with Crippen LogP contribution in [0, 0.1) is 0 Å². The minimum atomic E-state index is -0.706. The van der Waals surface area contributed by atoms with Gasteiger partial charge in [-0.05, 0) is 45.9 Å². The molecule has 1 atom stereocenters. The smallest absolute Gasteiger partial charge is 0.241 e. The maximum atomic E-state index is 12.3. The fourth-order valence-corrected chi connectivity index (χ4v) is 2.05. The van der Waals surface area contributed by atoms with Crippen LogP contribution < -0.4 is 5.32 Å². The molecule has 4 nitrogen and oxygen atoms in total. The number of nitrogens with one attached hydrogen (secondary N) is 1. The predicted molar refractivity (Wildman–Crippen MR) is 82.7 cm³/mol. The predicted octanol–water partition coefficient (Wildman–Crippen LogP) is 2.50. The highest BCUT2D eigenvalue weighted by Gasteiger charge is 2.23. The molecule has 1 aromatic carbocycles. The van der Waals surface area contributed by atoms with Crippen LogP contribution in [0.2, 0.25) is 0 Å². The fraction of sp³-hybridized carbons (Fsp3) is 0.562. The van der Waals surface area contributed by atoms with Gasteiger partial charge >= 0.3 is 0 Å². The van der Waals surface area contributed by atoms with E-state index in [1.165, 1.54) is 0 Å². The lowest BCUT2D eigenvalue weighted by molar-refractivity contribution is -0.121. The summed E-state index contributed by atoms with van der Waals surface area (Å²) in [5.74, 6) is -0.00283. The summed E-state index contributed by atoms with van der Waals surface area (Å²) in [6.07, 6.45) is 1.37. The van der Waals surface area contributed by atoms with Crippen LogP contribution >= 0.6 is 0 Å². The Morgan fingerprint density at radius 2 is 1.95 bits per heavy atom. The second-order valence-corrected chi connectivity index (χ2v) is 5.82. The minimum Gasteiger partial charge on any atom is -0.390 e. The molecule has 1 rings (SSSR count). The van der Waals surface area contributed by atoms with Crippen LogP contribution in [0.3, 0.4) is 0 Å². The van der Waals surface area contributed by atoms with Gasteiger partial charge in [0, 0.05) is 12.2 Å². The summed E-state index contributed by atoms with van der Waals surface area (Å²) in [5.41, 5.74) is 0.106. The number of rotatable bonds is 7. The number of carbonyl (C=O) groups is 1. The van der Waals surface area contributed by atoms with Crippen molar-refractivity contribution in [2.75, 3.05) is 18.9 Å². The molecule has 0 saturated carbocycles. The first-order valence-corrected chi connectivity index (χ1v) is 7.12. The molecule has 2 N–H and O–H groups in total. The van der Waals surface area contributed by atoms with Crippen LogP contribution in [0.5, 0.6) is 0 Å². The van der Waals surface area contributed by atoms with Crippen LogP contribution in [-0.2, 0) is 4.79 Å². The number of para-hydroxylation sites is 1. The van der Waals surface area contributed by atoms with Crippen LogP contribution in [-0.4, -0.2) is 41.1 Å². The lowest BCUT2D eigenvalue weighted by atomic mass is 10.0. The van der Waals surface area contributed by atoms with Crippen molar-refractivity contribution in [1.29, 1.82) is 0 Å². The molecule has 0 aliphatic rings. The summed E-state index contributed by atoms with van der Waals surface area (Å²) in [6.45, 7) is 6.25. The topological polar surface area (TPSA) is 52.6 Å². The Hall–Kier alpha value is -1.39. The van der Waals surface area contributed by atoms with Gasteiger partial charge in [0.1, 0.15) is 0 Å². The van der Waals surface area contributed by atoms with E-state index in [-0.39, 0.29) is 11.9 Å². The van der Waals surface area contributed by atoms with E-state index in [1.54, 1.807) is 13.8 Å². The quantitative estimate of drug-likeness (QED) is 0.805. The molecule has 0 unspecified atom stereocenters. The second-order valence-electron chi connectivity index (χ2n) is 5.82. The summed E-state index contributed by atoms with van der Waals surface area (Å²) >= 11 is 0. The zero-order valence-corrected chi connectivity index (χ0v) is 12.9. The second kappa shape index (κ2) is 7.41. The average Bonchev–Trinajstić information content (AvgIpc) is 2.37. The number of carbonyl (C=O) groups excluding carboxylic acids is 1. The van der Waals surface area contributed by atoms with E-state index in [0.717, 1.165) is 12.1 Å². The number of likely N-dealkylation sites (N-methyl/N-ethyl adjacent to an activating group) is 1. The zero-order valence-electron chi connectivity index (χ0n) is 12.9. The van der Waals surface area contributed by atoms with Gasteiger partial charge in [-0.25, -0.2) is 0 Å². The van der Waals surface area contributed by atoms with Crippen molar-refractivity contribution in [3.05, 3.63) is 30.3 Å². The van der Waals surface area contributed by atoms with E-state index < -0.39 is 5.60 Å². The van der Waals surface area contributed by atoms with E-state index in [0.29, 0.717) is 13.0 Å².